The van der Waals surface area contributed by atoms with Gasteiger partial charge in [0.1, 0.15) is 11.5 Å². The van der Waals surface area contributed by atoms with Crippen molar-refractivity contribution in [1.29, 1.82) is 0 Å². The number of benzene rings is 1. The van der Waals surface area contributed by atoms with E-state index >= 15 is 0 Å². The topological polar surface area (TPSA) is 57.0 Å². The second-order valence-electron chi connectivity index (χ2n) is 4.07. The number of halogens is 3. The van der Waals surface area contributed by atoms with Crippen molar-refractivity contribution < 1.29 is 17.6 Å². The Morgan fingerprint density at radius 1 is 1.10 bits per heavy atom. The van der Waals surface area contributed by atoms with E-state index in [1.165, 1.54) is 12.3 Å². The van der Waals surface area contributed by atoms with Crippen molar-refractivity contribution in [3.63, 3.8) is 0 Å². The Balaban J connectivity index is 2.11. The molecule has 0 fully saturated rings. The molecule has 0 amide bonds. The van der Waals surface area contributed by atoms with Crippen LogP contribution in [0.3, 0.4) is 0 Å². The van der Waals surface area contributed by atoms with Crippen molar-refractivity contribution in [1.82, 2.24) is 9.78 Å². The summed E-state index contributed by atoms with van der Waals surface area (Å²) in [6.07, 6.45) is 1.46. The zero-order chi connectivity index (χ0) is 14.3. The summed E-state index contributed by atoms with van der Waals surface area (Å²) in [6.45, 7) is 0. The summed E-state index contributed by atoms with van der Waals surface area (Å²) in [6, 6.07) is 6.44. The molecule has 2 N–H and O–H groups in total. The van der Waals surface area contributed by atoms with Crippen molar-refractivity contribution in [2.24, 2.45) is 0 Å². The molecule has 7 heteroatoms. The van der Waals surface area contributed by atoms with Gasteiger partial charge in [0, 0.05) is 18.2 Å². The van der Waals surface area contributed by atoms with Crippen molar-refractivity contribution in [2.45, 2.75) is 0 Å². The molecule has 0 saturated carbocycles. The van der Waals surface area contributed by atoms with Crippen molar-refractivity contribution in [3.8, 4) is 17.1 Å². The van der Waals surface area contributed by atoms with Crippen molar-refractivity contribution in [2.75, 3.05) is 5.73 Å². The van der Waals surface area contributed by atoms with E-state index in [0.29, 0.717) is 11.5 Å². The number of nitrogens with two attached hydrogens (primary N) is 1. The highest BCUT2D eigenvalue weighted by molar-refractivity contribution is 5.58. The Hall–Kier alpha value is -2.70. The Bertz CT molecular complexity index is 742. The molecule has 0 bridgehead atoms. The van der Waals surface area contributed by atoms with Gasteiger partial charge in [0.25, 0.3) is 0 Å². The summed E-state index contributed by atoms with van der Waals surface area (Å²) in [7, 11) is 0. The zero-order valence-corrected chi connectivity index (χ0v) is 9.98. The number of rotatable bonds is 2. The molecule has 0 unspecified atom stereocenters. The minimum Gasteiger partial charge on any atom is -0.463 e. The third-order valence-electron chi connectivity index (χ3n) is 2.72. The molecule has 0 radical (unpaired) electrons. The van der Waals surface area contributed by atoms with Gasteiger partial charge in [0.2, 0.25) is 0 Å². The fourth-order valence-electron chi connectivity index (χ4n) is 1.81. The lowest BCUT2D eigenvalue weighted by atomic mass is 10.3. The molecule has 0 aliphatic carbocycles. The van der Waals surface area contributed by atoms with Crippen molar-refractivity contribution >= 4 is 5.82 Å². The molecule has 0 aliphatic heterocycles. The predicted octanol–water partition coefficient (Wildman–Crippen LogP) is 3.13. The first-order valence-electron chi connectivity index (χ1n) is 5.60. The number of furan rings is 1. The van der Waals surface area contributed by atoms with Crippen molar-refractivity contribution in [3.05, 3.63) is 54.0 Å². The van der Waals surface area contributed by atoms with E-state index in [2.05, 4.69) is 5.10 Å². The summed E-state index contributed by atoms with van der Waals surface area (Å²) in [5, 5.41) is 4.08. The molecule has 102 valence electrons. The van der Waals surface area contributed by atoms with E-state index in [4.69, 9.17) is 10.2 Å². The number of anilines is 1. The third kappa shape index (κ3) is 1.93. The van der Waals surface area contributed by atoms with E-state index in [-0.39, 0.29) is 11.5 Å². The minimum absolute atomic E-state index is 0.0169. The van der Waals surface area contributed by atoms with Crippen LogP contribution in [-0.4, -0.2) is 9.78 Å². The van der Waals surface area contributed by atoms with Gasteiger partial charge >= 0.3 is 0 Å². The molecule has 3 aromatic rings. The Kier molecular flexibility index (Phi) is 2.74. The third-order valence-corrected chi connectivity index (χ3v) is 2.72. The first kappa shape index (κ1) is 12.3. The predicted molar refractivity (Wildman–Crippen MR) is 65.6 cm³/mol. The molecule has 0 saturated heterocycles. The lowest BCUT2D eigenvalue weighted by Crippen LogP contribution is -2.04. The van der Waals surface area contributed by atoms with Gasteiger partial charge in [-0.15, -0.1) is 0 Å². The Labute approximate surface area is 111 Å². The molecule has 0 spiro atoms. The number of nitrogen functional groups attached to an aromatic ring is 1. The van der Waals surface area contributed by atoms with Gasteiger partial charge in [0.15, 0.2) is 23.2 Å². The van der Waals surface area contributed by atoms with E-state index in [1.54, 1.807) is 12.1 Å². The van der Waals surface area contributed by atoms with Crippen LogP contribution in [0.15, 0.2) is 41.0 Å². The molecule has 2 aromatic heterocycles. The van der Waals surface area contributed by atoms with Crippen LogP contribution in [0.2, 0.25) is 0 Å². The molecule has 2 heterocycles. The van der Waals surface area contributed by atoms with Crippen LogP contribution in [0.5, 0.6) is 0 Å². The SMILES string of the molecule is Nc1cc(-c2ccco2)nn1-c1cc(F)c(F)c(F)c1. The molecule has 0 atom stereocenters. The fraction of sp³-hybridized carbons (Fsp3) is 0. The van der Waals surface area contributed by atoms with Gasteiger partial charge in [-0.25, -0.2) is 17.9 Å². The monoisotopic (exact) mass is 279 g/mol. The van der Waals surface area contributed by atoms with Crippen LogP contribution in [-0.2, 0) is 0 Å². The van der Waals surface area contributed by atoms with Crippen LogP contribution in [0.4, 0.5) is 19.0 Å². The van der Waals surface area contributed by atoms with Gasteiger partial charge in [0.05, 0.1) is 12.0 Å². The summed E-state index contributed by atoms with van der Waals surface area (Å²) in [4.78, 5) is 0. The van der Waals surface area contributed by atoms with Crippen LogP contribution in [0.1, 0.15) is 0 Å². The van der Waals surface area contributed by atoms with Crippen LogP contribution >= 0.6 is 0 Å². The maximum absolute atomic E-state index is 13.2. The summed E-state index contributed by atoms with van der Waals surface area (Å²) >= 11 is 0. The quantitative estimate of drug-likeness (QED) is 0.733. The highest BCUT2D eigenvalue weighted by Crippen LogP contribution is 2.24. The average molecular weight is 279 g/mol. The van der Waals surface area contributed by atoms with E-state index in [1.807, 2.05) is 0 Å². The molecule has 1 aromatic carbocycles. The summed E-state index contributed by atoms with van der Waals surface area (Å²) < 4.78 is 45.6. The highest BCUT2D eigenvalue weighted by Gasteiger charge is 2.15. The average Bonchev–Trinajstić information content (AvgIpc) is 3.04. The maximum atomic E-state index is 13.2. The molecule has 20 heavy (non-hydrogen) atoms. The standard InChI is InChI=1S/C13H8F3N3O/c14-8-4-7(5-9(15)13(8)16)19-12(17)6-10(18-19)11-2-1-3-20-11/h1-6H,17H2. The van der Waals surface area contributed by atoms with Gasteiger partial charge in [-0.2, -0.15) is 5.10 Å². The summed E-state index contributed by atoms with van der Waals surface area (Å²) in [5.41, 5.74) is 6.12. The van der Waals surface area contributed by atoms with Gasteiger partial charge < -0.3 is 10.2 Å². The molecular formula is C13H8F3N3O. The molecular weight excluding hydrogens is 271 g/mol. The number of aromatic nitrogens is 2. The Morgan fingerprint density at radius 3 is 2.40 bits per heavy atom. The molecule has 3 rings (SSSR count). The normalized spacial score (nSPS) is 10.9. The maximum Gasteiger partial charge on any atom is 0.194 e. The van der Waals surface area contributed by atoms with Gasteiger partial charge in [-0.05, 0) is 12.1 Å². The smallest absolute Gasteiger partial charge is 0.194 e. The van der Waals surface area contributed by atoms with Crippen LogP contribution in [0, 0.1) is 17.5 Å². The fourth-order valence-corrected chi connectivity index (χ4v) is 1.81. The lowest BCUT2D eigenvalue weighted by molar-refractivity contribution is 0.446. The second-order valence-corrected chi connectivity index (χ2v) is 4.07. The lowest BCUT2D eigenvalue weighted by Gasteiger charge is -2.05. The van der Waals surface area contributed by atoms with E-state index < -0.39 is 17.5 Å². The molecule has 4 nitrogen and oxygen atoms in total. The zero-order valence-electron chi connectivity index (χ0n) is 9.98. The summed E-state index contributed by atoms with van der Waals surface area (Å²) in [5.74, 6) is -3.56. The second kappa shape index (κ2) is 4.44. The Morgan fingerprint density at radius 2 is 1.80 bits per heavy atom. The largest absolute Gasteiger partial charge is 0.463 e. The van der Waals surface area contributed by atoms with Gasteiger partial charge in [-0.1, -0.05) is 0 Å². The van der Waals surface area contributed by atoms with E-state index in [0.717, 1.165) is 16.8 Å². The van der Waals surface area contributed by atoms with Crippen LogP contribution < -0.4 is 5.73 Å². The van der Waals surface area contributed by atoms with Gasteiger partial charge in [-0.3, -0.25) is 0 Å². The number of nitrogens with zero attached hydrogens (tertiary/aromatic N) is 2. The number of hydrogen-bond acceptors (Lipinski definition) is 3. The first-order chi connectivity index (χ1) is 9.56. The first-order valence-corrected chi connectivity index (χ1v) is 5.60. The highest BCUT2D eigenvalue weighted by atomic mass is 19.2. The number of hydrogen-bond donors (Lipinski definition) is 1. The van der Waals surface area contributed by atoms with Crippen LogP contribution in [0.25, 0.3) is 17.1 Å². The van der Waals surface area contributed by atoms with E-state index in [9.17, 15) is 13.2 Å². The molecule has 0 aliphatic rings. The minimum atomic E-state index is -1.54.